The molecule has 2 fully saturated rings. The summed E-state index contributed by atoms with van der Waals surface area (Å²) in [6.07, 6.45) is 8.45. The van der Waals surface area contributed by atoms with Crippen molar-refractivity contribution < 1.29 is 23.0 Å². The summed E-state index contributed by atoms with van der Waals surface area (Å²) < 4.78 is 43.7. The third-order valence-corrected chi connectivity index (χ3v) is 7.15. The molecule has 3 aromatic heterocycles. The van der Waals surface area contributed by atoms with Gasteiger partial charge in [-0.15, -0.1) is 5.10 Å². The lowest BCUT2D eigenvalue weighted by atomic mass is 9.93. The summed E-state index contributed by atoms with van der Waals surface area (Å²) in [5.74, 6) is 5.19. The molecule has 0 spiro atoms. The molecule has 214 valence electrons. The number of fused-ring (bicyclic) bond motifs is 1. The quantitative estimate of drug-likeness (QED) is 0.145. The first-order valence-electron chi connectivity index (χ1n) is 12.9. The van der Waals surface area contributed by atoms with Crippen LogP contribution in [-0.4, -0.2) is 60.8 Å². The summed E-state index contributed by atoms with van der Waals surface area (Å²) in [4.78, 5) is 17.4. The molecule has 0 bridgehead atoms. The Morgan fingerprint density at radius 2 is 2.15 bits per heavy atom. The lowest BCUT2D eigenvalue weighted by molar-refractivity contribution is -0.134. The highest BCUT2D eigenvalue weighted by atomic mass is 19.1. The number of hydrogen-bond acceptors (Lipinski definition) is 10. The highest BCUT2D eigenvalue weighted by molar-refractivity contribution is 5.92. The van der Waals surface area contributed by atoms with Crippen LogP contribution in [0.4, 0.5) is 8.78 Å². The average molecular weight is 567 g/mol. The van der Waals surface area contributed by atoms with E-state index >= 15 is 8.78 Å². The van der Waals surface area contributed by atoms with Crippen LogP contribution in [0.25, 0.3) is 11.3 Å². The van der Waals surface area contributed by atoms with Crippen molar-refractivity contribution in [3.8, 4) is 11.4 Å². The minimum absolute atomic E-state index is 0.00670. The Labute approximate surface area is 232 Å². The number of carbonyl (C=O) groups excluding carboxylic acids is 1. The normalized spacial score (nSPS) is 16.4. The first-order valence-corrected chi connectivity index (χ1v) is 12.9. The number of nitrogens with zero attached hydrogens (tertiary/aromatic N) is 7. The van der Waals surface area contributed by atoms with Gasteiger partial charge in [0.05, 0.1) is 38.2 Å². The van der Waals surface area contributed by atoms with Crippen LogP contribution in [0.3, 0.4) is 0 Å². The first kappa shape index (κ1) is 26.6. The predicted octanol–water partition coefficient (Wildman–Crippen LogP) is 1.32. The number of ether oxygens (including phenoxy) is 2. The van der Waals surface area contributed by atoms with Gasteiger partial charge in [-0.1, -0.05) is 0 Å². The monoisotopic (exact) mass is 566 g/mol. The number of rotatable bonds is 10. The highest BCUT2D eigenvalue weighted by Gasteiger charge is 2.43. The number of nitrogens with one attached hydrogen (secondary N) is 1. The van der Waals surface area contributed by atoms with E-state index in [1.165, 1.54) is 35.4 Å². The van der Waals surface area contributed by atoms with E-state index in [1.54, 1.807) is 12.3 Å². The largest absolute Gasteiger partial charge is 0.494 e. The smallest absolute Gasteiger partial charge is 0.268 e. The Kier molecular flexibility index (Phi) is 6.75. The topological polar surface area (TPSA) is 164 Å². The Morgan fingerprint density at radius 1 is 1.34 bits per heavy atom. The molecule has 1 aliphatic carbocycles. The minimum Gasteiger partial charge on any atom is -0.494 e. The standard InChI is InChI=1S/C26H28F2N10O3/c1-40-22-5-4-21(38-14-32-34-35-38)18(23(22)27)7-31-25(39)20(29)11-37(30)10-17-9-36-8-16(15-2-3-15)6-19(24(36)33-17)26(28)12-41-13-26/h4-6,8-9,11,14-15H,2-3,7,10,12-13,29-30H2,1H3,(H,31,39)/b20-11-. The predicted molar refractivity (Wildman–Crippen MR) is 140 cm³/mol. The third kappa shape index (κ3) is 5.16. The van der Waals surface area contributed by atoms with Gasteiger partial charge < -0.3 is 29.9 Å². The Bertz CT molecular complexity index is 1630. The molecular formula is C26H28F2N10O3. The maximum absolute atomic E-state index is 15.4. The summed E-state index contributed by atoms with van der Waals surface area (Å²) >= 11 is 0. The number of hydrogen-bond donors (Lipinski definition) is 3. The molecule has 1 aliphatic heterocycles. The van der Waals surface area contributed by atoms with Crippen molar-refractivity contribution in [1.82, 2.24) is 39.9 Å². The molecule has 1 aromatic carbocycles. The molecule has 2 aliphatic rings. The van der Waals surface area contributed by atoms with Gasteiger partial charge >= 0.3 is 0 Å². The van der Waals surface area contributed by atoms with Crippen LogP contribution in [0.15, 0.2) is 48.8 Å². The number of nitrogens with two attached hydrogens (primary N) is 2. The fraction of sp³-hybridized carbons (Fsp3) is 0.346. The molecule has 0 radical (unpaired) electrons. The number of imidazole rings is 1. The SMILES string of the molecule is COc1ccc(-n2cnnn2)c(CNC(=O)/C(N)=C/N(N)Cc2cn3cc(C4CC4)cc(C4(F)COC4)c3n2)c1F. The van der Waals surface area contributed by atoms with Crippen LogP contribution < -0.4 is 21.6 Å². The fourth-order valence-corrected chi connectivity index (χ4v) is 4.80. The summed E-state index contributed by atoms with van der Waals surface area (Å²) in [6.45, 7) is -0.151. The highest BCUT2D eigenvalue weighted by Crippen LogP contribution is 2.43. The maximum Gasteiger partial charge on any atom is 0.268 e. The molecule has 4 heterocycles. The van der Waals surface area contributed by atoms with Gasteiger partial charge in [0, 0.05) is 36.3 Å². The fourth-order valence-electron chi connectivity index (χ4n) is 4.80. The van der Waals surface area contributed by atoms with Crippen molar-refractivity contribution >= 4 is 11.6 Å². The van der Waals surface area contributed by atoms with Crippen molar-refractivity contribution in [3.63, 3.8) is 0 Å². The minimum atomic E-state index is -1.58. The number of carbonyl (C=O) groups is 1. The Balaban J connectivity index is 1.16. The lowest BCUT2D eigenvalue weighted by Crippen LogP contribution is -2.43. The van der Waals surface area contributed by atoms with Gasteiger partial charge in [0.2, 0.25) is 0 Å². The van der Waals surface area contributed by atoms with Gasteiger partial charge in [0.25, 0.3) is 5.91 Å². The van der Waals surface area contributed by atoms with E-state index < -0.39 is 17.4 Å². The van der Waals surface area contributed by atoms with Gasteiger partial charge in [-0.3, -0.25) is 4.79 Å². The second kappa shape index (κ2) is 10.4. The number of amides is 1. The molecule has 13 nitrogen and oxygen atoms in total. The van der Waals surface area contributed by atoms with E-state index in [1.807, 2.05) is 16.7 Å². The molecule has 4 aromatic rings. The van der Waals surface area contributed by atoms with Crippen LogP contribution >= 0.6 is 0 Å². The number of alkyl halides is 1. The number of halogens is 2. The van der Waals surface area contributed by atoms with Crippen molar-refractivity contribution in [2.75, 3.05) is 20.3 Å². The van der Waals surface area contributed by atoms with Crippen LogP contribution in [0.5, 0.6) is 5.75 Å². The number of benzene rings is 1. The van der Waals surface area contributed by atoms with Crippen molar-refractivity contribution in [1.29, 1.82) is 0 Å². The molecule has 0 unspecified atom stereocenters. The van der Waals surface area contributed by atoms with E-state index in [4.69, 9.17) is 21.1 Å². The molecule has 0 atom stereocenters. The van der Waals surface area contributed by atoms with Gasteiger partial charge in [0.15, 0.2) is 17.2 Å². The van der Waals surface area contributed by atoms with E-state index in [0.717, 1.165) is 18.4 Å². The second-order valence-electron chi connectivity index (χ2n) is 10.2. The molecule has 1 saturated heterocycles. The molecule has 15 heteroatoms. The maximum atomic E-state index is 15.4. The summed E-state index contributed by atoms with van der Waals surface area (Å²) in [7, 11) is 1.33. The number of tetrazole rings is 1. The van der Waals surface area contributed by atoms with Crippen LogP contribution in [0.2, 0.25) is 0 Å². The molecule has 5 N–H and O–H groups in total. The third-order valence-electron chi connectivity index (χ3n) is 7.15. The Hall–Kier alpha value is -4.63. The van der Waals surface area contributed by atoms with Crippen molar-refractivity contribution in [2.45, 2.75) is 37.5 Å². The number of aromatic nitrogens is 6. The van der Waals surface area contributed by atoms with E-state index in [9.17, 15) is 4.79 Å². The zero-order chi connectivity index (χ0) is 28.7. The van der Waals surface area contributed by atoms with Crippen LogP contribution in [0, 0.1) is 5.82 Å². The molecule has 1 saturated carbocycles. The van der Waals surface area contributed by atoms with E-state index in [0.29, 0.717) is 28.5 Å². The van der Waals surface area contributed by atoms with Gasteiger partial charge in [-0.2, -0.15) is 0 Å². The van der Waals surface area contributed by atoms with Gasteiger partial charge in [-0.05, 0) is 52.9 Å². The van der Waals surface area contributed by atoms with Gasteiger partial charge in [-0.25, -0.2) is 24.3 Å². The number of hydrazine groups is 1. The number of methoxy groups -OCH3 is 1. The lowest BCUT2D eigenvalue weighted by Gasteiger charge is -2.34. The van der Waals surface area contributed by atoms with E-state index in [2.05, 4.69) is 25.8 Å². The van der Waals surface area contributed by atoms with Gasteiger partial charge in [0.1, 0.15) is 17.7 Å². The van der Waals surface area contributed by atoms with Crippen molar-refractivity contribution in [2.24, 2.45) is 11.6 Å². The summed E-state index contributed by atoms with van der Waals surface area (Å²) in [6, 6.07) is 4.89. The first-order chi connectivity index (χ1) is 19.8. The van der Waals surface area contributed by atoms with Crippen LogP contribution in [0.1, 0.15) is 41.1 Å². The molecule has 6 rings (SSSR count). The number of pyridine rings is 1. The summed E-state index contributed by atoms with van der Waals surface area (Å²) in [5.41, 5.74) is 7.23. The zero-order valence-electron chi connectivity index (χ0n) is 22.1. The Morgan fingerprint density at radius 3 is 2.80 bits per heavy atom. The average Bonchev–Trinajstić information content (AvgIpc) is 3.49. The molecule has 41 heavy (non-hydrogen) atoms. The molecular weight excluding hydrogens is 538 g/mol. The van der Waals surface area contributed by atoms with Crippen LogP contribution in [-0.2, 0) is 28.3 Å². The zero-order valence-corrected chi connectivity index (χ0v) is 22.1. The summed E-state index contributed by atoms with van der Waals surface area (Å²) in [5, 5.41) is 14.7. The second-order valence-corrected chi connectivity index (χ2v) is 10.2. The van der Waals surface area contributed by atoms with Crippen molar-refractivity contribution in [3.05, 3.63) is 77.0 Å². The molecule has 1 amide bonds. The van der Waals surface area contributed by atoms with E-state index in [-0.39, 0.29) is 43.3 Å².